The van der Waals surface area contributed by atoms with Gasteiger partial charge in [-0.15, -0.1) is 0 Å². The number of pyridine rings is 1. The molecule has 0 aliphatic heterocycles. The van der Waals surface area contributed by atoms with Crippen LogP contribution in [-0.2, 0) is 4.79 Å². The fourth-order valence-electron chi connectivity index (χ4n) is 2.70. The first-order chi connectivity index (χ1) is 10.1. The van der Waals surface area contributed by atoms with Crippen LogP contribution in [-0.4, -0.2) is 20.8 Å². The molecule has 21 heavy (non-hydrogen) atoms. The van der Waals surface area contributed by atoms with Crippen molar-refractivity contribution in [2.45, 2.75) is 46.1 Å². The van der Waals surface area contributed by atoms with Crippen molar-refractivity contribution in [3.05, 3.63) is 22.1 Å². The molecule has 114 valence electrons. The molecule has 3 rings (SSSR count). The number of nitrogens with zero attached hydrogens (tertiary/aromatic N) is 3. The molecule has 0 N–H and O–H groups in total. The molecule has 2 aromatic heterocycles. The first-order valence-corrected chi connectivity index (χ1v) is 8.00. The van der Waals surface area contributed by atoms with Crippen LogP contribution in [0.5, 0.6) is 0 Å². The lowest BCUT2D eigenvalue weighted by molar-refractivity contribution is -0.110. The molecule has 2 heterocycles. The number of rotatable bonds is 2. The molecule has 1 saturated carbocycles. The number of aldehydes is 1. The number of hydrogen-bond donors (Lipinski definition) is 0. The highest BCUT2D eigenvalue weighted by molar-refractivity contribution is 6.38. The van der Waals surface area contributed by atoms with E-state index in [1.807, 2.05) is 25.3 Å². The van der Waals surface area contributed by atoms with Gasteiger partial charge >= 0.3 is 0 Å². The summed E-state index contributed by atoms with van der Waals surface area (Å²) < 4.78 is 2.00. The third kappa shape index (κ3) is 2.92. The van der Waals surface area contributed by atoms with E-state index in [0.717, 1.165) is 31.1 Å². The lowest BCUT2D eigenvalue weighted by Crippen LogP contribution is -2.06. The van der Waals surface area contributed by atoms with E-state index in [9.17, 15) is 4.79 Å². The molecule has 2 atom stereocenters. The van der Waals surface area contributed by atoms with Crippen LogP contribution in [0, 0.1) is 12.8 Å². The van der Waals surface area contributed by atoms with Crippen molar-refractivity contribution >= 4 is 40.7 Å². The normalized spacial score (nSPS) is 21.2. The summed E-state index contributed by atoms with van der Waals surface area (Å²) in [6.45, 7) is 5.83. The van der Waals surface area contributed by atoms with Gasteiger partial charge in [0.1, 0.15) is 17.0 Å². The van der Waals surface area contributed by atoms with Crippen LogP contribution in [0.15, 0.2) is 6.33 Å². The fourth-order valence-corrected chi connectivity index (χ4v) is 3.15. The Morgan fingerprint density at radius 2 is 2.05 bits per heavy atom. The van der Waals surface area contributed by atoms with Crippen LogP contribution in [0.1, 0.15) is 44.7 Å². The van der Waals surface area contributed by atoms with E-state index in [1.54, 1.807) is 6.33 Å². The number of carbonyl (C=O) groups excluding carboxylic acids is 1. The van der Waals surface area contributed by atoms with Crippen LogP contribution >= 0.6 is 23.2 Å². The molecule has 0 radical (unpaired) electrons. The van der Waals surface area contributed by atoms with Crippen LogP contribution in [0.25, 0.3) is 11.2 Å². The van der Waals surface area contributed by atoms with Gasteiger partial charge in [-0.25, -0.2) is 9.97 Å². The first kappa shape index (κ1) is 16.2. The quantitative estimate of drug-likeness (QED) is 0.597. The van der Waals surface area contributed by atoms with Gasteiger partial charge in [-0.1, -0.05) is 37.0 Å². The first-order valence-electron chi connectivity index (χ1n) is 7.25. The molecular formula is C15H19Cl2N3O. The molecule has 1 aliphatic rings. The van der Waals surface area contributed by atoms with Gasteiger partial charge in [0.25, 0.3) is 0 Å². The smallest absolute Gasteiger partial charge is 0.163 e. The van der Waals surface area contributed by atoms with Gasteiger partial charge in [0.05, 0.1) is 11.3 Å². The number of fused-ring (bicyclic) bond motifs is 1. The van der Waals surface area contributed by atoms with Crippen molar-refractivity contribution in [1.82, 2.24) is 14.5 Å². The van der Waals surface area contributed by atoms with E-state index in [2.05, 4.69) is 9.97 Å². The van der Waals surface area contributed by atoms with Crippen LogP contribution in [0.3, 0.4) is 0 Å². The minimum Gasteiger partial charge on any atom is -0.312 e. The van der Waals surface area contributed by atoms with E-state index in [-0.39, 0.29) is 12.0 Å². The molecule has 2 unspecified atom stereocenters. The second-order valence-corrected chi connectivity index (χ2v) is 5.76. The summed E-state index contributed by atoms with van der Waals surface area (Å²) >= 11 is 12.3. The minimum absolute atomic E-state index is 0.138. The summed E-state index contributed by atoms with van der Waals surface area (Å²) in [7, 11) is 0. The zero-order valence-electron chi connectivity index (χ0n) is 12.4. The summed E-state index contributed by atoms with van der Waals surface area (Å²) in [5, 5.41) is 0.961. The lowest BCUT2D eigenvalue weighted by atomic mass is 10.1. The largest absolute Gasteiger partial charge is 0.312 e. The van der Waals surface area contributed by atoms with E-state index in [0.29, 0.717) is 21.3 Å². The second kappa shape index (κ2) is 6.75. The van der Waals surface area contributed by atoms with E-state index >= 15 is 0 Å². The molecule has 6 heteroatoms. The molecule has 0 bridgehead atoms. The molecule has 1 fully saturated rings. The number of aromatic nitrogens is 3. The Kier molecular flexibility index (Phi) is 5.22. The van der Waals surface area contributed by atoms with Crippen molar-refractivity contribution in [2.75, 3.05) is 0 Å². The zero-order chi connectivity index (χ0) is 15.6. The van der Waals surface area contributed by atoms with Gasteiger partial charge in [0.15, 0.2) is 5.65 Å². The molecule has 2 aromatic rings. The van der Waals surface area contributed by atoms with E-state index in [1.165, 1.54) is 0 Å². The van der Waals surface area contributed by atoms with Gasteiger partial charge in [0, 0.05) is 17.5 Å². The molecule has 4 nitrogen and oxygen atoms in total. The number of carbonyl (C=O) groups is 1. The standard InChI is InChI=1S/C13H13Cl2N3O.C2H6/c1-7-10(14)11-13(17-12(7)15)18(6-16-11)9-3-2-8(4-9)5-19;1-2/h5-6,8-9H,2-4H2,1H3;1-2H3. The Morgan fingerprint density at radius 3 is 2.67 bits per heavy atom. The third-order valence-corrected chi connectivity index (χ3v) is 4.68. The summed E-state index contributed by atoms with van der Waals surface area (Å²) in [4.78, 5) is 19.6. The van der Waals surface area contributed by atoms with Gasteiger partial charge in [-0.2, -0.15) is 0 Å². The lowest BCUT2D eigenvalue weighted by Gasteiger charge is -2.12. The maximum atomic E-state index is 10.9. The highest BCUT2D eigenvalue weighted by Gasteiger charge is 2.27. The van der Waals surface area contributed by atoms with Crippen LogP contribution < -0.4 is 0 Å². The topological polar surface area (TPSA) is 47.8 Å². The highest BCUT2D eigenvalue weighted by Crippen LogP contribution is 2.37. The predicted octanol–water partition coefficient (Wildman–Crippen LogP) is 4.61. The van der Waals surface area contributed by atoms with Crippen molar-refractivity contribution in [3.63, 3.8) is 0 Å². The Balaban J connectivity index is 0.000000774. The maximum Gasteiger partial charge on any atom is 0.163 e. The summed E-state index contributed by atoms with van der Waals surface area (Å²) in [6.07, 6.45) is 5.49. The van der Waals surface area contributed by atoms with Crippen molar-refractivity contribution < 1.29 is 4.79 Å². The van der Waals surface area contributed by atoms with Crippen molar-refractivity contribution in [3.8, 4) is 0 Å². The van der Waals surface area contributed by atoms with E-state index < -0.39 is 0 Å². The van der Waals surface area contributed by atoms with Gasteiger partial charge in [0.2, 0.25) is 0 Å². The van der Waals surface area contributed by atoms with Gasteiger partial charge in [-0.3, -0.25) is 0 Å². The highest BCUT2D eigenvalue weighted by atomic mass is 35.5. The van der Waals surface area contributed by atoms with Crippen molar-refractivity contribution in [1.29, 1.82) is 0 Å². The Morgan fingerprint density at radius 1 is 1.33 bits per heavy atom. The second-order valence-electron chi connectivity index (χ2n) is 5.03. The summed E-state index contributed by atoms with van der Waals surface area (Å²) in [5.74, 6) is 0.138. The monoisotopic (exact) mass is 327 g/mol. The maximum absolute atomic E-state index is 10.9. The van der Waals surface area contributed by atoms with Gasteiger partial charge < -0.3 is 9.36 Å². The minimum atomic E-state index is 0.138. The average molecular weight is 328 g/mol. The molecule has 0 spiro atoms. The number of halogens is 2. The van der Waals surface area contributed by atoms with Crippen LogP contribution in [0.2, 0.25) is 10.2 Å². The van der Waals surface area contributed by atoms with E-state index in [4.69, 9.17) is 23.2 Å². The molecule has 0 saturated heterocycles. The third-order valence-electron chi connectivity index (χ3n) is 3.85. The summed E-state index contributed by atoms with van der Waals surface area (Å²) in [5.41, 5.74) is 2.13. The van der Waals surface area contributed by atoms with Gasteiger partial charge in [-0.05, 0) is 26.2 Å². The Hall–Kier alpha value is -1.13. The molecular weight excluding hydrogens is 309 g/mol. The van der Waals surface area contributed by atoms with Crippen LogP contribution in [0.4, 0.5) is 0 Å². The molecule has 0 aromatic carbocycles. The Labute approximate surface area is 134 Å². The Bertz CT molecular complexity index is 654. The SMILES string of the molecule is CC.Cc1c(Cl)nc2c(ncn2C2CCC(C=O)C2)c1Cl. The molecule has 0 amide bonds. The summed E-state index contributed by atoms with van der Waals surface area (Å²) in [6, 6.07) is 0.252. The number of hydrogen-bond acceptors (Lipinski definition) is 3. The predicted molar refractivity (Wildman–Crippen MR) is 86.1 cm³/mol. The fraction of sp³-hybridized carbons (Fsp3) is 0.533. The van der Waals surface area contributed by atoms with Crippen molar-refractivity contribution in [2.24, 2.45) is 5.92 Å². The zero-order valence-corrected chi connectivity index (χ0v) is 13.9. The number of imidazole rings is 1. The molecule has 1 aliphatic carbocycles. The average Bonchev–Trinajstić information content (AvgIpc) is 3.13.